The van der Waals surface area contributed by atoms with E-state index in [4.69, 9.17) is 4.74 Å². The van der Waals surface area contributed by atoms with Crippen molar-refractivity contribution in [2.45, 2.75) is 19.9 Å². The zero-order chi connectivity index (χ0) is 17.8. The van der Waals surface area contributed by atoms with Crippen molar-refractivity contribution >= 4 is 17.5 Å². The molecule has 0 saturated carbocycles. The molecule has 0 radical (unpaired) electrons. The van der Waals surface area contributed by atoms with Crippen molar-refractivity contribution < 1.29 is 14.3 Å². The van der Waals surface area contributed by atoms with Crippen LogP contribution in [0.4, 0.5) is 5.69 Å². The molecular weight excluding hydrogens is 316 g/mol. The third kappa shape index (κ3) is 3.88. The van der Waals surface area contributed by atoms with Crippen molar-refractivity contribution in [1.29, 1.82) is 0 Å². The Hall–Kier alpha value is -2.66. The molecule has 0 aromatic heterocycles. The summed E-state index contributed by atoms with van der Waals surface area (Å²) in [6.45, 7) is 3.21. The van der Waals surface area contributed by atoms with Gasteiger partial charge in [0.25, 0.3) is 5.91 Å². The molecule has 5 nitrogen and oxygen atoms in total. The third-order valence-corrected chi connectivity index (χ3v) is 4.35. The smallest absolute Gasteiger partial charge is 0.258 e. The summed E-state index contributed by atoms with van der Waals surface area (Å²) in [5, 5.41) is 2.81. The molecule has 1 aliphatic rings. The highest BCUT2D eigenvalue weighted by Crippen LogP contribution is 2.30. The molecule has 3 rings (SSSR count). The number of hydrogen-bond donors (Lipinski definition) is 1. The van der Waals surface area contributed by atoms with Crippen molar-refractivity contribution in [3.63, 3.8) is 0 Å². The maximum Gasteiger partial charge on any atom is 0.258 e. The molecule has 2 amide bonds. The van der Waals surface area contributed by atoms with Gasteiger partial charge in [-0.05, 0) is 42.7 Å². The topological polar surface area (TPSA) is 58.6 Å². The molecule has 5 heteroatoms. The van der Waals surface area contributed by atoms with Crippen LogP contribution in [-0.2, 0) is 22.5 Å². The number of anilines is 1. The maximum atomic E-state index is 12.7. The van der Waals surface area contributed by atoms with Crippen LogP contribution in [0.5, 0.6) is 0 Å². The van der Waals surface area contributed by atoms with Gasteiger partial charge >= 0.3 is 0 Å². The maximum absolute atomic E-state index is 12.7. The molecule has 2 aromatic carbocycles. The highest BCUT2D eigenvalue weighted by atomic mass is 16.5. The van der Waals surface area contributed by atoms with Crippen LogP contribution in [0.1, 0.15) is 27.0 Å². The van der Waals surface area contributed by atoms with E-state index in [0.717, 1.165) is 28.8 Å². The van der Waals surface area contributed by atoms with Crippen LogP contribution < -0.4 is 10.2 Å². The predicted octanol–water partition coefficient (Wildman–Crippen LogP) is 2.46. The second-order valence-electron chi connectivity index (χ2n) is 6.25. The number of aryl methyl sites for hydroxylation is 1. The van der Waals surface area contributed by atoms with Gasteiger partial charge in [-0.3, -0.25) is 9.59 Å². The van der Waals surface area contributed by atoms with Crippen molar-refractivity contribution in [2.75, 3.05) is 25.2 Å². The Morgan fingerprint density at radius 3 is 2.64 bits per heavy atom. The van der Waals surface area contributed by atoms with Crippen molar-refractivity contribution in [3.8, 4) is 0 Å². The summed E-state index contributed by atoms with van der Waals surface area (Å²) in [6, 6.07) is 13.6. The number of benzene rings is 2. The van der Waals surface area contributed by atoms with Crippen molar-refractivity contribution in [1.82, 2.24) is 5.32 Å². The Bertz CT molecular complexity index is 784. The van der Waals surface area contributed by atoms with Crippen molar-refractivity contribution in [2.24, 2.45) is 0 Å². The van der Waals surface area contributed by atoms with E-state index in [-0.39, 0.29) is 18.4 Å². The standard InChI is InChI=1S/C20H22N2O3/c1-14-3-6-16(7-4-14)20(24)22-10-9-17-11-15(5-8-18(17)22)12-21-19(23)13-25-2/h3-8,11H,9-10,12-13H2,1-2H3,(H,21,23). The quantitative estimate of drug-likeness (QED) is 0.911. The van der Waals surface area contributed by atoms with E-state index in [9.17, 15) is 9.59 Å². The SMILES string of the molecule is COCC(=O)NCc1ccc2c(c1)CCN2C(=O)c1ccc(C)cc1. The van der Waals surface area contributed by atoms with E-state index in [1.54, 1.807) is 0 Å². The van der Waals surface area contributed by atoms with Gasteiger partial charge in [-0.2, -0.15) is 0 Å². The van der Waals surface area contributed by atoms with Crippen LogP contribution in [0, 0.1) is 6.92 Å². The number of ether oxygens (including phenoxy) is 1. The number of carbonyl (C=O) groups is 2. The van der Waals surface area contributed by atoms with Crippen LogP contribution >= 0.6 is 0 Å². The molecule has 0 fully saturated rings. The molecular formula is C20H22N2O3. The van der Waals surface area contributed by atoms with Gasteiger partial charge in [0, 0.05) is 31.5 Å². The largest absolute Gasteiger partial charge is 0.375 e. The summed E-state index contributed by atoms with van der Waals surface area (Å²) in [4.78, 5) is 26.1. The van der Waals surface area contributed by atoms with Crippen LogP contribution in [0.2, 0.25) is 0 Å². The molecule has 0 atom stereocenters. The molecule has 1 aliphatic heterocycles. The zero-order valence-corrected chi connectivity index (χ0v) is 14.5. The fraction of sp³-hybridized carbons (Fsp3) is 0.300. The third-order valence-electron chi connectivity index (χ3n) is 4.35. The van der Waals surface area contributed by atoms with Gasteiger partial charge < -0.3 is 15.0 Å². The average Bonchev–Trinajstić information content (AvgIpc) is 3.03. The van der Waals surface area contributed by atoms with Gasteiger partial charge in [0.05, 0.1) is 0 Å². The second kappa shape index (κ2) is 7.49. The number of rotatable bonds is 5. The van der Waals surface area contributed by atoms with Crippen LogP contribution in [0.15, 0.2) is 42.5 Å². The van der Waals surface area contributed by atoms with Crippen molar-refractivity contribution in [3.05, 3.63) is 64.7 Å². The average molecular weight is 338 g/mol. The van der Waals surface area contributed by atoms with Gasteiger partial charge in [-0.1, -0.05) is 29.8 Å². The Kier molecular flexibility index (Phi) is 5.14. The molecule has 0 bridgehead atoms. The number of carbonyl (C=O) groups excluding carboxylic acids is 2. The molecule has 0 saturated heterocycles. The molecule has 2 aromatic rings. The fourth-order valence-corrected chi connectivity index (χ4v) is 3.01. The van der Waals surface area contributed by atoms with Gasteiger partial charge in [0.2, 0.25) is 5.91 Å². The summed E-state index contributed by atoms with van der Waals surface area (Å²) in [7, 11) is 1.49. The number of fused-ring (bicyclic) bond motifs is 1. The Labute approximate surface area is 147 Å². The van der Waals surface area contributed by atoms with Gasteiger partial charge in [0.15, 0.2) is 0 Å². The van der Waals surface area contributed by atoms with E-state index in [0.29, 0.717) is 18.7 Å². The lowest BCUT2D eigenvalue weighted by Crippen LogP contribution is -2.28. The molecule has 0 aliphatic carbocycles. The first kappa shape index (κ1) is 17.2. The fourth-order valence-electron chi connectivity index (χ4n) is 3.01. The van der Waals surface area contributed by atoms with Gasteiger partial charge in [-0.15, -0.1) is 0 Å². The molecule has 25 heavy (non-hydrogen) atoms. The lowest BCUT2D eigenvalue weighted by Gasteiger charge is -2.18. The van der Waals surface area contributed by atoms with E-state index < -0.39 is 0 Å². The summed E-state index contributed by atoms with van der Waals surface area (Å²) in [6.07, 6.45) is 0.826. The first-order valence-corrected chi connectivity index (χ1v) is 8.34. The minimum absolute atomic E-state index is 0.0277. The highest BCUT2D eigenvalue weighted by Gasteiger charge is 2.25. The number of amides is 2. The minimum Gasteiger partial charge on any atom is -0.375 e. The minimum atomic E-state index is -0.140. The summed E-state index contributed by atoms with van der Waals surface area (Å²) in [5.74, 6) is -0.112. The Morgan fingerprint density at radius 1 is 1.16 bits per heavy atom. The normalized spacial score (nSPS) is 12.8. The first-order valence-electron chi connectivity index (χ1n) is 8.34. The van der Waals surface area contributed by atoms with E-state index >= 15 is 0 Å². The zero-order valence-electron chi connectivity index (χ0n) is 14.5. The highest BCUT2D eigenvalue weighted by molar-refractivity contribution is 6.07. The Morgan fingerprint density at radius 2 is 1.92 bits per heavy atom. The summed E-state index contributed by atoms with van der Waals surface area (Å²) < 4.78 is 4.80. The molecule has 130 valence electrons. The number of hydrogen-bond acceptors (Lipinski definition) is 3. The van der Waals surface area contributed by atoms with E-state index in [1.165, 1.54) is 7.11 Å². The lowest BCUT2D eigenvalue weighted by atomic mass is 10.1. The number of nitrogens with one attached hydrogen (secondary N) is 1. The molecule has 0 spiro atoms. The van der Waals surface area contributed by atoms with Gasteiger partial charge in [0.1, 0.15) is 6.61 Å². The molecule has 1 N–H and O–H groups in total. The predicted molar refractivity (Wildman–Crippen MR) is 96.7 cm³/mol. The van der Waals surface area contributed by atoms with Crippen LogP contribution in [0.3, 0.4) is 0 Å². The van der Waals surface area contributed by atoms with E-state index in [2.05, 4.69) is 11.4 Å². The van der Waals surface area contributed by atoms with E-state index in [1.807, 2.05) is 48.2 Å². The lowest BCUT2D eigenvalue weighted by molar-refractivity contribution is -0.124. The first-order chi connectivity index (χ1) is 12.1. The van der Waals surface area contributed by atoms with Gasteiger partial charge in [-0.25, -0.2) is 0 Å². The van der Waals surface area contributed by atoms with Crippen LogP contribution in [-0.4, -0.2) is 32.1 Å². The monoisotopic (exact) mass is 338 g/mol. The Balaban J connectivity index is 1.71. The second-order valence-corrected chi connectivity index (χ2v) is 6.25. The number of methoxy groups -OCH3 is 1. The molecule has 0 unspecified atom stereocenters. The summed E-state index contributed by atoms with van der Waals surface area (Å²) in [5.41, 5.74) is 4.96. The van der Waals surface area contributed by atoms with Crippen LogP contribution in [0.25, 0.3) is 0 Å². The molecule has 1 heterocycles. The number of nitrogens with zero attached hydrogens (tertiary/aromatic N) is 1. The summed E-state index contributed by atoms with van der Waals surface area (Å²) >= 11 is 0.